The monoisotopic (exact) mass is 934 g/mol. The van der Waals surface area contributed by atoms with Crippen LogP contribution < -0.4 is 14.8 Å². The number of aliphatic hydroxyl groups is 1. The van der Waals surface area contributed by atoms with E-state index in [4.69, 9.17) is 37.4 Å². The van der Waals surface area contributed by atoms with Crippen LogP contribution in [0.25, 0.3) is 0 Å². The van der Waals surface area contributed by atoms with E-state index in [-0.39, 0.29) is 11.3 Å². The number of β-amino-alcohol motifs (C(OH)–C–C–N with tert-alkyl or cyclic N) is 1. The Labute approximate surface area is 382 Å². The Morgan fingerprint density at radius 2 is 1.17 bits per heavy atom. The van der Waals surface area contributed by atoms with E-state index in [1.54, 1.807) is 0 Å². The first kappa shape index (κ1) is 48.4. The van der Waals surface area contributed by atoms with Crippen molar-refractivity contribution in [1.29, 1.82) is 0 Å². The van der Waals surface area contributed by atoms with Crippen LogP contribution in [0.1, 0.15) is 86.5 Å². The number of halogens is 8. The van der Waals surface area contributed by atoms with Crippen molar-refractivity contribution in [3.63, 3.8) is 0 Å². The largest absolute Gasteiger partial charge is 0.493 e. The van der Waals surface area contributed by atoms with E-state index in [0.29, 0.717) is 53.7 Å². The van der Waals surface area contributed by atoms with Crippen molar-refractivity contribution >= 4 is 23.2 Å². The van der Waals surface area contributed by atoms with Crippen molar-refractivity contribution < 1.29 is 45.7 Å². The Morgan fingerprint density at radius 1 is 0.672 bits per heavy atom. The molecule has 3 heterocycles. The molecule has 9 rings (SSSR count). The maximum atomic E-state index is 12.7. The summed E-state index contributed by atoms with van der Waals surface area (Å²) in [5, 5.41) is 16.0. The first-order valence-corrected chi connectivity index (χ1v) is 23.2. The van der Waals surface area contributed by atoms with E-state index < -0.39 is 29.6 Å². The van der Waals surface area contributed by atoms with Gasteiger partial charge in [0.1, 0.15) is 11.5 Å². The van der Waals surface area contributed by atoms with Crippen LogP contribution in [0.15, 0.2) is 97.1 Å². The van der Waals surface area contributed by atoms with Crippen molar-refractivity contribution in [3.8, 4) is 11.5 Å². The zero-order chi connectivity index (χ0) is 45.4. The first-order valence-electron chi connectivity index (χ1n) is 22.5. The summed E-state index contributed by atoms with van der Waals surface area (Å²) in [6.07, 6.45) is 2.62. The van der Waals surface area contributed by atoms with Crippen LogP contribution in [-0.2, 0) is 27.9 Å². The fourth-order valence-electron chi connectivity index (χ4n) is 9.50. The number of hydrogen-bond donors (Lipinski definition) is 2. The van der Waals surface area contributed by atoms with Gasteiger partial charge in [-0.1, -0.05) is 60.3 Å². The topological polar surface area (TPSA) is 66.5 Å². The van der Waals surface area contributed by atoms with Gasteiger partial charge in [-0.3, -0.25) is 0 Å². The number of ether oxygens (including phenoxy) is 3. The predicted octanol–water partition coefficient (Wildman–Crippen LogP) is 12.2. The van der Waals surface area contributed by atoms with Crippen molar-refractivity contribution in [2.24, 2.45) is 11.8 Å². The van der Waals surface area contributed by atoms with Gasteiger partial charge in [-0.2, -0.15) is 26.3 Å². The molecule has 2 N–H and O–H groups in total. The van der Waals surface area contributed by atoms with Crippen molar-refractivity contribution in [2.75, 3.05) is 52.5 Å². The number of rotatable bonds is 12. The minimum atomic E-state index is -4.34. The van der Waals surface area contributed by atoms with Gasteiger partial charge >= 0.3 is 12.4 Å². The van der Waals surface area contributed by atoms with Crippen LogP contribution in [-0.4, -0.2) is 74.8 Å². The quantitative estimate of drug-likeness (QED) is 0.109. The second kappa shape index (κ2) is 21.4. The van der Waals surface area contributed by atoms with Crippen molar-refractivity contribution in [1.82, 2.24) is 10.2 Å². The molecular weight excluding hydrogens is 877 g/mol. The molecule has 6 nitrogen and oxygen atoms in total. The number of hydrogen-bond acceptors (Lipinski definition) is 6. The average molecular weight is 936 g/mol. The van der Waals surface area contributed by atoms with Gasteiger partial charge in [0.25, 0.3) is 0 Å². The minimum absolute atomic E-state index is 0.200. The molecule has 64 heavy (non-hydrogen) atoms. The first-order chi connectivity index (χ1) is 30.6. The number of nitrogens with one attached hydrogen (secondary N) is 1. The summed E-state index contributed by atoms with van der Waals surface area (Å²) in [6.45, 7) is 6.27. The summed E-state index contributed by atoms with van der Waals surface area (Å²) in [6, 6.07) is 25.8. The molecule has 348 valence electrons. The predicted molar refractivity (Wildman–Crippen MR) is 238 cm³/mol. The molecule has 2 aliphatic carbocycles. The molecule has 4 aromatic rings. The molecule has 4 aromatic carbocycles. The summed E-state index contributed by atoms with van der Waals surface area (Å²) in [7, 11) is 0. The highest BCUT2D eigenvalue weighted by Crippen LogP contribution is 2.51. The molecule has 0 spiro atoms. The van der Waals surface area contributed by atoms with E-state index in [1.807, 2.05) is 36.4 Å². The molecule has 3 saturated heterocycles. The van der Waals surface area contributed by atoms with Gasteiger partial charge in [-0.05, 0) is 148 Å². The molecule has 0 amide bonds. The Balaban J connectivity index is 0.000000160. The summed E-state index contributed by atoms with van der Waals surface area (Å²) in [5.74, 6) is 1.67. The lowest BCUT2D eigenvalue weighted by molar-refractivity contribution is -0.138. The van der Waals surface area contributed by atoms with E-state index in [9.17, 15) is 31.4 Å². The van der Waals surface area contributed by atoms with Crippen LogP contribution in [0.4, 0.5) is 26.3 Å². The number of epoxide rings is 1. The summed E-state index contributed by atoms with van der Waals surface area (Å²) >= 11 is 11.9. The standard InChI is InChI=1S/C25H29ClF3NO2.C13H16F3NO.C12H13ClO/c26-21-8-4-19(5-9-21)24(12-2-13-24)23(31)16-30-14-1-3-18(15-30)17-32-22-10-6-20(7-11-22)25(27,28)29;14-13(15,16)11-3-5-12(6-4-11)18-9-10-2-1-7-17-8-10;13-10-4-2-9(3-5-10)12(6-1-7-12)11-8-14-11/h4-11,18,23,31H,1-3,12-17H2;3-6,10,17H,1-2,7-9H2;2-5,11H,1,6-8H2/t18-,23+;10-;11-/m110/s1. The third kappa shape index (κ3) is 12.7. The molecule has 2 saturated carbocycles. The van der Waals surface area contributed by atoms with Crippen molar-refractivity contribution in [3.05, 3.63) is 129 Å². The van der Waals surface area contributed by atoms with E-state index in [0.717, 1.165) is 113 Å². The van der Waals surface area contributed by atoms with Gasteiger partial charge in [0.15, 0.2) is 0 Å². The normalized spacial score (nSPS) is 23.1. The number of alkyl halides is 6. The van der Waals surface area contributed by atoms with Crippen LogP contribution in [0, 0.1) is 11.8 Å². The third-order valence-corrected chi connectivity index (χ3v) is 14.2. The molecule has 3 aliphatic heterocycles. The Bertz CT molecular complexity index is 2030. The smallest absolute Gasteiger partial charge is 0.416 e. The number of nitrogens with zero attached hydrogens (tertiary/aromatic N) is 1. The molecule has 0 bridgehead atoms. The number of piperidine rings is 2. The maximum absolute atomic E-state index is 12.7. The van der Waals surface area contributed by atoms with E-state index in [2.05, 4.69) is 22.3 Å². The van der Waals surface area contributed by atoms with Gasteiger partial charge < -0.3 is 29.5 Å². The van der Waals surface area contributed by atoms with Crippen LogP contribution in [0.2, 0.25) is 10.0 Å². The van der Waals surface area contributed by atoms with Crippen molar-refractivity contribution in [2.45, 2.75) is 99.6 Å². The van der Waals surface area contributed by atoms with Gasteiger partial charge in [-0.15, -0.1) is 0 Å². The highest BCUT2D eigenvalue weighted by molar-refractivity contribution is 6.30. The van der Waals surface area contributed by atoms with Gasteiger partial charge in [0.05, 0.1) is 43.2 Å². The van der Waals surface area contributed by atoms with E-state index in [1.165, 1.54) is 49.1 Å². The van der Waals surface area contributed by atoms with Crippen LogP contribution in [0.5, 0.6) is 11.5 Å². The third-order valence-electron chi connectivity index (χ3n) is 13.7. The molecule has 4 atom stereocenters. The summed E-state index contributed by atoms with van der Waals surface area (Å²) < 4.78 is 91.9. The molecule has 0 radical (unpaired) electrons. The fraction of sp³-hybridized carbons (Fsp3) is 0.520. The lowest BCUT2D eigenvalue weighted by atomic mass is 9.61. The molecular formula is C50H58Cl2F6N2O4. The molecule has 14 heteroatoms. The fourth-order valence-corrected chi connectivity index (χ4v) is 9.76. The Morgan fingerprint density at radius 3 is 1.61 bits per heavy atom. The SMILES string of the molecule is Clc1ccc(C2([C@@H]3CO3)CCC2)cc1.FC(F)(F)c1ccc(OC[C@@H]2CCCNC2)cc1.O[C@@H](CN1CCC[C@@H](COc2ccc(C(F)(F)F)cc2)C1)C1(c2ccc(Cl)cc2)CCC1. The average Bonchev–Trinajstić information content (AvgIpc) is 4.09. The molecule has 5 fully saturated rings. The minimum Gasteiger partial charge on any atom is -0.493 e. The lowest BCUT2D eigenvalue weighted by Gasteiger charge is -2.48. The van der Waals surface area contributed by atoms with Crippen LogP contribution >= 0.6 is 23.2 Å². The van der Waals surface area contributed by atoms with Gasteiger partial charge in [0.2, 0.25) is 0 Å². The molecule has 0 unspecified atom stereocenters. The van der Waals surface area contributed by atoms with E-state index >= 15 is 0 Å². The van der Waals surface area contributed by atoms with Gasteiger partial charge in [-0.25, -0.2) is 0 Å². The summed E-state index contributed by atoms with van der Waals surface area (Å²) in [5.41, 5.74) is 1.39. The number of aliphatic hydroxyl groups excluding tert-OH is 1. The highest BCUT2D eigenvalue weighted by atomic mass is 35.5. The molecule has 0 aromatic heterocycles. The Hall–Kier alpha value is -3.52. The maximum Gasteiger partial charge on any atom is 0.416 e. The summed E-state index contributed by atoms with van der Waals surface area (Å²) in [4.78, 5) is 2.30. The second-order valence-corrected chi connectivity index (χ2v) is 18.9. The Kier molecular flexibility index (Phi) is 16.2. The zero-order valence-corrected chi connectivity index (χ0v) is 37.4. The highest BCUT2D eigenvalue weighted by Gasteiger charge is 2.52. The number of likely N-dealkylation sites (tertiary alicyclic amines) is 1. The zero-order valence-electron chi connectivity index (χ0n) is 35.9. The number of benzene rings is 4. The van der Waals surface area contributed by atoms with Crippen LogP contribution in [0.3, 0.4) is 0 Å². The van der Waals surface area contributed by atoms with Gasteiger partial charge in [0, 0.05) is 52.3 Å². The lowest BCUT2D eigenvalue weighted by Crippen LogP contribution is -2.52. The second-order valence-electron chi connectivity index (χ2n) is 18.0. The molecule has 5 aliphatic rings.